The fourth-order valence-electron chi connectivity index (χ4n) is 2.96. The standard InChI is InChI=1S/C17H18ClNO.ClH/c1-19-11-13-4-2-3-5-15(13)16(19)10-17(20)12-6-8-14(18)9-7-12;/h2-9,16-17,20H,10-11H2,1H3;1H/t16-,17-;/m0./s1. The molecule has 0 saturated heterocycles. The molecule has 1 aliphatic heterocycles. The molecule has 0 spiro atoms. The summed E-state index contributed by atoms with van der Waals surface area (Å²) in [5.74, 6) is 0. The first-order valence-corrected chi connectivity index (χ1v) is 7.24. The van der Waals surface area contributed by atoms with Crippen molar-refractivity contribution in [2.75, 3.05) is 7.05 Å². The summed E-state index contributed by atoms with van der Waals surface area (Å²) in [4.78, 5) is 2.30. The number of hydrogen-bond acceptors (Lipinski definition) is 2. The third-order valence-electron chi connectivity index (χ3n) is 4.07. The summed E-state index contributed by atoms with van der Waals surface area (Å²) >= 11 is 5.89. The maximum absolute atomic E-state index is 10.4. The Kier molecular flexibility index (Phi) is 5.28. The van der Waals surface area contributed by atoms with Crippen LogP contribution in [0.5, 0.6) is 0 Å². The van der Waals surface area contributed by atoms with Gasteiger partial charge in [0, 0.05) is 17.6 Å². The van der Waals surface area contributed by atoms with Crippen molar-refractivity contribution in [3.63, 3.8) is 0 Å². The Morgan fingerprint density at radius 3 is 2.57 bits per heavy atom. The number of aliphatic hydroxyl groups excluding tert-OH is 1. The van der Waals surface area contributed by atoms with Gasteiger partial charge in [0.05, 0.1) is 6.10 Å². The Morgan fingerprint density at radius 2 is 1.86 bits per heavy atom. The predicted octanol–water partition coefficient (Wildman–Crippen LogP) is 4.37. The first-order valence-electron chi connectivity index (χ1n) is 6.86. The van der Waals surface area contributed by atoms with E-state index in [1.165, 1.54) is 11.1 Å². The van der Waals surface area contributed by atoms with E-state index in [1.807, 2.05) is 24.3 Å². The molecule has 0 amide bonds. The van der Waals surface area contributed by atoms with Gasteiger partial charge in [0.25, 0.3) is 0 Å². The molecule has 3 rings (SSSR count). The van der Waals surface area contributed by atoms with Gasteiger partial charge in [0.1, 0.15) is 0 Å². The van der Waals surface area contributed by atoms with Gasteiger partial charge < -0.3 is 5.11 Å². The molecule has 1 heterocycles. The fraction of sp³-hybridized carbons (Fsp3) is 0.294. The van der Waals surface area contributed by atoms with Crippen LogP contribution >= 0.6 is 24.0 Å². The number of rotatable bonds is 3. The van der Waals surface area contributed by atoms with E-state index in [0.29, 0.717) is 11.4 Å². The van der Waals surface area contributed by atoms with E-state index in [9.17, 15) is 5.11 Å². The number of hydrogen-bond donors (Lipinski definition) is 1. The largest absolute Gasteiger partial charge is 0.388 e. The molecule has 1 N–H and O–H groups in total. The lowest BCUT2D eigenvalue weighted by Gasteiger charge is -2.23. The highest BCUT2D eigenvalue weighted by Gasteiger charge is 2.29. The first-order chi connectivity index (χ1) is 9.65. The fourth-order valence-corrected chi connectivity index (χ4v) is 3.08. The van der Waals surface area contributed by atoms with Crippen molar-refractivity contribution in [3.05, 3.63) is 70.2 Å². The van der Waals surface area contributed by atoms with Crippen LogP contribution < -0.4 is 0 Å². The summed E-state index contributed by atoms with van der Waals surface area (Å²) in [6.45, 7) is 0.953. The highest BCUT2D eigenvalue weighted by Crippen LogP contribution is 2.38. The Bertz CT molecular complexity index is 600. The topological polar surface area (TPSA) is 23.5 Å². The van der Waals surface area contributed by atoms with Gasteiger partial charge in [0.15, 0.2) is 0 Å². The van der Waals surface area contributed by atoms with Crippen molar-refractivity contribution >= 4 is 24.0 Å². The average Bonchev–Trinajstić information content (AvgIpc) is 2.76. The van der Waals surface area contributed by atoms with E-state index in [1.54, 1.807) is 0 Å². The zero-order valence-corrected chi connectivity index (χ0v) is 13.4. The van der Waals surface area contributed by atoms with Gasteiger partial charge in [-0.1, -0.05) is 48.0 Å². The third-order valence-corrected chi connectivity index (χ3v) is 4.32. The summed E-state index contributed by atoms with van der Waals surface area (Å²) in [5, 5.41) is 11.1. The molecular weight excluding hydrogens is 305 g/mol. The SMILES string of the molecule is CN1Cc2ccccc2[C@@H]1C[C@H](O)c1ccc(Cl)cc1.Cl. The summed E-state index contributed by atoms with van der Waals surface area (Å²) in [7, 11) is 2.11. The van der Waals surface area contributed by atoms with Gasteiger partial charge >= 0.3 is 0 Å². The molecule has 0 aromatic heterocycles. The van der Waals surface area contributed by atoms with E-state index >= 15 is 0 Å². The van der Waals surface area contributed by atoms with Crippen molar-refractivity contribution in [3.8, 4) is 0 Å². The lowest BCUT2D eigenvalue weighted by Crippen LogP contribution is -2.19. The van der Waals surface area contributed by atoms with Gasteiger partial charge in [0.2, 0.25) is 0 Å². The van der Waals surface area contributed by atoms with E-state index in [4.69, 9.17) is 11.6 Å². The lowest BCUT2D eigenvalue weighted by atomic mass is 9.96. The molecule has 0 saturated carbocycles. The Balaban J connectivity index is 0.00000161. The minimum absolute atomic E-state index is 0. The van der Waals surface area contributed by atoms with E-state index < -0.39 is 6.10 Å². The van der Waals surface area contributed by atoms with E-state index in [2.05, 4.69) is 36.2 Å². The second-order valence-electron chi connectivity index (χ2n) is 5.43. The number of benzene rings is 2. The van der Waals surface area contributed by atoms with Crippen LogP contribution in [0.1, 0.15) is 35.3 Å². The van der Waals surface area contributed by atoms with Crippen molar-refractivity contribution in [1.29, 1.82) is 0 Å². The van der Waals surface area contributed by atoms with E-state index in [-0.39, 0.29) is 18.4 Å². The first kappa shape index (κ1) is 16.3. The highest BCUT2D eigenvalue weighted by atomic mass is 35.5. The smallest absolute Gasteiger partial charge is 0.0808 e. The number of halogens is 2. The van der Waals surface area contributed by atoms with Gasteiger partial charge in [-0.25, -0.2) is 0 Å². The number of nitrogens with zero attached hydrogens (tertiary/aromatic N) is 1. The lowest BCUT2D eigenvalue weighted by molar-refractivity contribution is 0.120. The number of fused-ring (bicyclic) bond motifs is 1. The van der Waals surface area contributed by atoms with Crippen molar-refractivity contribution < 1.29 is 5.11 Å². The summed E-state index contributed by atoms with van der Waals surface area (Å²) in [6.07, 6.45) is 0.237. The van der Waals surface area contributed by atoms with Gasteiger partial charge in [-0.05, 0) is 42.3 Å². The van der Waals surface area contributed by atoms with Crippen LogP contribution in [0.15, 0.2) is 48.5 Å². The molecule has 0 unspecified atom stereocenters. The molecular formula is C17H19Cl2NO. The Morgan fingerprint density at radius 1 is 1.19 bits per heavy atom. The summed E-state index contributed by atoms with van der Waals surface area (Å²) in [5.41, 5.74) is 3.62. The predicted molar refractivity (Wildman–Crippen MR) is 88.9 cm³/mol. The van der Waals surface area contributed by atoms with Crippen LogP contribution in [0.4, 0.5) is 0 Å². The zero-order valence-electron chi connectivity index (χ0n) is 11.9. The second kappa shape index (κ2) is 6.80. The van der Waals surface area contributed by atoms with Crippen molar-refractivity contribution in [2.45, 2.75) is 25.1 Å². The Hall–Kier alpha value is -1.06. The molecule has 2 aromatic rings. The van der Waals surface area contributed by atoms with Crippen LogP contribution in [-0.2, 0) is 6.54 Å². The Labute approximate surface area is 136 Å². The highest BCUT2D eigenvalue weighted by molar-refractivity contribution is 6.30. The van der Waals surface area contributed by atoms with Gasteiger partial charge in [-0.15, -0.1) is 12.4 Å². The monoisotopic (exact) mass is 323 g/mol. The maximum Gasteiger partial charge on any atom is 0.0808 e. The molecule has 2 aromatic carbocycles. The molecule has 0 radical (unpaired) electrons. The number of aliphatic hydroxyl groups is 1. The maximum atomic E-state index is 10.4. The van der Waals surface area contributed by atoms with Crippen LogP contribution in [-0.4, -0.2) is 17.1 Å². The normalized spacial score (nSPS) is 18.9. The van der Waals surface area contributed by atoms with E-state index in [0.717, 1.165) is 12.1 Å². The van der Waals surface area contributed by atoms with Gasteiger partial charge in [-0.2, -0.15) is 0 Å². The minimum Gasteiger partial charge on any atom is -0.388 e. The molecule has 21 heavy (non-hydrogen) atoms. The van der Waals surface area contributed by atoms with Crippen molar-refractivity contribution in [1.82, 2.24) is 4.90 Å². The molecule has 1 aliphatic rings. The van der Waals surface area contributed by atoms with Crippen molar-refractivity contribution in [2.24, 2.45) is 0 Å². The van der Waals surface area contributed by atoms with Crippen LogP contribution in [0.25, 0.3) is 0 Å². The summed E-state index contributed by atoms with van der Waals surface area (Å²) in [6, 6.07) is 16.2. The van der Waals surface area contributed by atoms with Crippen LogP contribution in [0.3, 0.4) is 0 Å². The molecule has 4 heteroatoms. The second-order valence-corrected chi connectivity index (χ2v) is 5.87. The third kappa shape index (κ3) is 3.41. The molecule has 0 bridgehead atoms. The minimum atomic E-state index is -0.467. The van der Waals surface area contributed by atoms with Gasteiger partial charge in [-0.3, -0.25) is 4.90 Å². The summed E-state index contributed by atoms with van der Waals surface area (Å²) < 4.78 is 0. The molecule has 0 fully saturated rings. The average molecular weight is 324 g/mol. The quantitative estimate of drug-likeness (QED) is 0.906. The molecule has 112 valence electrons. The van der Waals surface area contributed by atoms with Crippen LogP contribution in [0.2, 0.25) is 5.02 Å². The zero-order chi connectivity index (χ0) is 14.1. The van der Waals surface area contributed by atoms with Crippen LogP contribution in [0, 0.1) is 0 Å². The molecule has 2 atom stereocenters. The molecule has 2 nitrogen and oxygen atoms in total. The molecule has 0 aliphatic carbocycles.